The number of imidazole rings is 1. The van der Waals surface area contributed by atoms with Crippen molar-refractivity contribution >= 4 is 28.8 Å². The fourth-order valence-corrected chi connectivity index (χ4v) is 4.06. The molecule has 0 fully saturated rings. The Kier molecular flexibility index (Phi) is 4.96. The maximum absolute atomic E-state index is 12.3. The van der Waals surface area contributed by atoms with Gasteiger partial charge in [0.15, 0.2) is 0 Å². The Bertz CT molecular complexity index is 1060. The average Bonchev–Trinajstić information content (AvgIpc) is 3.14. The first kappa shape index (κ1) is 19.0. The number of amides is 1. The molecule has 2 aromatic carbocycles. The van der Waals surface area contributed by atoms with E-state index in [0.717, 1.165) is 40.7 Å². The van der Waals surface area contributed by atoms with Gasteiger partial charge in [-0.05, 0) is 37.5 Å². The largest absolute Gasteiger partial charge is 0.481 e. The minimum atomic E-state index is -0.885. The second-order valence-corrected chi connectivity index (χ2v) is 7.38. The van der Waals surface area contributed by atoms with Crippen molar-refractivity contribution in [1.82, 2.24) is 9.97 Å². The molecule has 0 unspecified atom stereocenters. The SMILES string of the molecule is COC(=O)N1c2ccc3[nH]c(C[C@H](C(=O)O)c4ccccc4)nc3c2CC[C@@H]1C. The number of carboxylic acids is 1. The summed E-state index contributed by atoms with van der Waals surface area (Å²) < 4.78 is 4.96. The molecule has 7 nitrogen and oxygen atoms in total. The van der Waals surface area contributed by atoms with Gasteiger partial charge in [0, 0.05) is 18.0 Å². The number of ether oxygens (including phenoxy) is 1. The summed E-state index contributed by atoms with van der Waals surface area (Å²) in [5.41, 5.74) is 4.16. The highest BCUT2D eigenvalue weighted by atomic mass is 16.5. The van der Waals surface area contributed by atoms with E-state index in [-0.39, 0.29) is 18.6 Å². The van der Waals surface area contributed by atoms with Gasteiger partial charge in [0.1, 0.15) is 5.82 Å². The van der Waals surface area contributed by atoms with E-state index in [9.17, 15) is 14.7 Å². The van der Waals surface area contributed by atoms with Gasteiger partial charge in [0.2, 0.25) is 0 Å². The number of aliphatic carboxylic acids is 1. The third-order valence-electron chi connectivity index (χ3n) is 5.56. The van der Waals surface area contributed by atoms with Crippen molar-refractivity contribution in [2.45, 2.75) is 38.1 Å². The zero-order chi connectivity index (χ0) is 20.5. The zero-order valence-corrected chi connectivity index (χ0v) is 16.4. The topological polar surface area (TPSA) is 95.5 Å². The van der Waals surface area contributed by atoms with Crippen LogP contribution in [-0.4, -0.2) is 40.3 Å². The molecule has 3 aromatic rings. The predicted octanol–water partition coefficient (Wildman–Crippen LogP) is 3.88. The van der Waals surface area contributed by atoms with Crippen LogP contribution in [0.4, 0.5) is 10.5 Å². The Labute approximate surface area is 168 Å². The predicted molar refractivity (Wildman–Crippen MR) is 109 cm³/mol. The molecule has 4 rings (SSSR count). The molecule has 0 saturated heterocycles. The van der Waals surface area contributed by atoms with Crippen molar-refractivity contribution in [3.05, 3.63) is 59.4 Å². The molecular formula is C22H23N3O4. The van der Waals surface area contributed by atoms with Crippen LogP contribution in [-0.2, 0) is 22.4 Å². The fraction of sp³-hybridized carbons (Fsp3) is 0.318. The number of hydrogen-bond donors (Lipinski definition) is 2. The Hall–Kier alpha value is -3.35. The molecule has 0 bridgehead atoms. The van der Waals surface area contributed by atoms with Crippen molar-refractivity contribution < 1.29 is 19.4 Å². The summed E-state index contributed by atoms with van der Waals surface area (Å²) in [7, 11) is 1.38. The molecule has 29 heavy (non-hydrogen) atoms. The Morgan fingerprint density at radius 1 is 1.28 bits per heavy atom. The van der Waals surface area contributed by atoms with E-state index in [1.54, 1.807) is 4.90 Å². The minimum absolute atomic E-state index is 0.0419. The van der Waals surface area contributed by atoms with E-state index in [0.29, 0.717) is 5.82 Å². The van der Waals surface area contributed by atoms with Crippen LogP contribution in [0.2, 0.25) is 0 Å². The number of anilines is 1. The number of aryl methyl sites for hydroxylation is 1. The molecular weight excluding hydrogens is 370 g/mol. The molecule has 0 aliphatic carbocycles. The summed E-state index contributed by atoms with van der Waals surface area (Å²) in [6, 6.07) is 13.0. The number of aromatic nitrogens is 2. The summed E-state index contributed by atoms with van der Waals surface area (Å²) in [6.45, 7) is 2.00. The number of methoxy groups -OCH3 is 1. The van der Waals surface area contributed by atoms with Gasteiger partial charge in [-0.2, -0.15) is 0 Å². The van der Waals surface area contributed by atoms with E-state index in [2.05, 4.69) is 4.98 Å². The highest BCUT2D eigenvalue weighted by Crippen LogP contribution is 2.36. The van der Waals surface area contributed by atoms with Crippen LogP contribution >= 0.6 is 0 Å². The molecule has 1 aromatic heterocycles. The number of aromatic amines is 1. The lowest BCUT2D eigenvalue weighted by Gasteiger charge is -2.34. The number of carbonyl (C=O) groups excluding carboxylic acids is 1. The first-order valence-electron chi connectivity index (χ1n) is 9.65. The van der Waals surface area contributed by atoms with Crippen molar-refractivity contribution in [2.24, 2.45) is 0 Å². The number of H-pyrrole nitrogens is 1. The summed E-state index contributed by atoms with van der Waals surface area (Å²) in [4.78, 5) is 33.8. The van der Waals surface area contributed by atoms with Crippen LogP contribution < -0.4 is 4.90 Å². The molecule has 1 aliphatic rings. The van der Waals surface area contributed by atoms with Crippen LogP contribution in [0.5, 0.6) is 0 Å². The summed E-state index contributed by atoms with van der Waals surface area (Å²) in [6.07, 6.45) is 1.49. The maximum Gasteiger partial charge on any atom is 0.414 e. The van der Waals surface area contributed by atoms with Crippen molar-refractivity contribution in [2.75, 3.05) is 12.0 Å². The second-order valence-electron chi connectivity index (χ2n) is 7.38. The summed E-state index contributed by atoms with van der Waals surface area (Å²) in [5.74, 6) is -0.948. The normalized spacial score (nSPS) is 17.0. The molecule has 2 N–H and O–H groups in total. The van der Waals surface area contributed by atoms with Gasteiger partial charge in [-0.1, -0.05) is 30.3 Å². The van der Waals surface area contributed by atoms with Crippen LogP contribution in [0, 0.1) is 0 Å². The molecule has 1 amide bonds. The Morgan fingerprint density at radius 3 is 2.72 bits per heavy atom. The molecule has 2 atom stereocenters. The molecule has 2 heterocycles. The van der Waals surface area contributed by atoms with Crippen molar-refractivity contribution in [1.29, 1.82) is 0 Å². The zero-order valence-electron chi connectivity index (χ0n) is 16.4. The molecule has 0 spiro atoms. The number of nitrogens with one attached hydrogen (secondary N) is 1. The van der Waals surface area contributed by atoms with E-state index in [4.69, 9.17) is 9.72 Å². The molecule has 150 valence electrons. The smallest absolute Gasteiger partial charge is 0.414 e. The van der Waals surface area contributed by atoms with Gasteiger partial charge in [0.05, 0.1) is 29.7 Å². The summed E-state index contributed by atoms with van der Waals surface area (Å²) in [5, 5.41) is 9.71. The van der Waals surface area contributed by atoms with E-state index in [1.807, 2.05) is 49.4 Å². The number of hydrogen-bond acceptors (Lipinski definition) is 4. The average molecular weight is 393 g/mol. The van der Waals surface area contributed by atoms with Crippen molar-refractivity contribution in [3.8, 4) is 0 Å². The van der Waals surface area contributed by atoms with E-state index >= 15 is 0 Å². The quantitative estimate of drug-likeness (QED) is 0.701. The lowest BCUT2D eigenvalue weighted by Crippen LogP contribution is -2.42. The molecule has 0 saturated carbocycles. The monoisotopic (exact) mass is 393 g/mol. The Balaban J connectivity index is 1.72. The number of nitrogens with zero attached hydrogens (tertiary/aromatic N) is 2. The molecule has 1 aliphatic heterocycles. The number of carbonyl (C=O) groups is 2. The maximum atomic E-state index is 12.3. The highest BCUT2D eigenvalue weighted by molar-refractivity contribution is 5.95. The minimum Gasteiger partial charge on any atom is -0.481 e. The van der Waals surface area contributed by atoms with Crippen molar-refractivity contribution in [3.63, 3.8) is 0 Å². The van der Waals surface area contributed by atoms with Gasteiger partial charge < -0.3 is 14.8 Å². The van der Waals surface area contributed by atoms with Gasteiger partial charge in [-0.3, -0.25) is 9.69 Å². The van der Waals surface area contributed by atoms with Gasteiger partial charge in [-0.25, -0.2) is 9.78 Å². The van der Waals surface area contributed by atoms with Gasteiger partial charge >= 0.3 is 12.1 Å². The number of benzene rings is 2. The lowest BCUT2D eigenvalue weighted by atomic mass is 9.95. The Morgan fingerprint density at radius 2 is 2.03 bits per heavy atom. The van der Waals surface area contributed by atoms with Crippen LogP contribution in [0.3, 0.4) is 0 Å². The highest BCUT2D eigenvalue weighted by Gasteiger charge is 2.31. The van der Waals surface area contributed by atoms with Crippen LogP contribution in [0.15, 0.2) is 42.5 Å². The van der Waals surface area contributed by atoms with Crippen LogP contribution in [0.1, 0.15) is 36.2 Å². The number of rotatable bonds is 4. The van der Waals surface area contributed by atoms with E-state index in [1.165, 1.54) is 7.11 Å². The standard InChI is InChI=1S/C22H23N3O4/c1-13-8-9-15-18(25(13)22(28)29-2)11-10-17-20(15)24-19(23-17)12-16(21(26)27)14-6-4-3-5-7-14/h3-7,10-11,13,16H,8-9,12H2,1-2H3,(H,23,24)(H,26,27)/t13-,16-/m0/s1. The second kappa shape index (κ2) is 7.58. The lowest BCUT2D eigenvalue weighted by molar-refractivity contribution is -0.138. The van der Waals surface area contributed by atoms with Gasteiger partial charge in [-0.15, -0.1) is 0 Å². The van der Waals surface area contributed by atoms with E-state index < -0.39 is 11.9 Å². The number of fused-ring (bicyclic) bond motifs is 3. The number of carboxylic acid groups (broad SMARTS) is 1. The van der Waals surface area contributed by atoms with Gasteiger partial charge in [0.25, 0.3) is 0 Å². The third kappa shape index (κ3) is 3.44. The molecule has 7 heteroatoms. The fourth-order valence-electron chi connectivity index (χ4n) is 4.06. The molecule has 0 radical (unpaired) electrons. The summed E-state index contributed by atoms with van der Waals surface area (Å²) >= 11 is 0. The first-order chi connectivity index (χ1) is 14.0. The third-order valence-corrected chi connectivity index (χ3v) is 5.56. The first-order valence-corrected chi connectivity index (χ1v) is 9.65. The van der Waals surface area contributed by atoms with Crippen LogP contribution in [0.25, 0.3) is 11.0 Å².